The van der Waals surface area contributed by atoms with E-state index in [9.17, 15) is 18.4 Å². The summed E-state index contributed by atoms with van der Waals surface area (Å²) in [6, 6.07) is 8.64. The van der Waals surface area contributed by atoms with Gasteiger partial charge >= 0.3 is 5.97 Å². The number of carbonyl (C=O) groups is 2. The van der Waals surface area contributed by atoms with Gasteiger partial charge in [0.05, 0.1) is 13.2 Å². The number of hydrogen-bond acceptors (Lipinski definition) is 4. The molecule has 1 spiro atoms. The van der Waals surface area contributed by atoms with Gasteiger partial charge < -0.3 is 9.64 Å². The monoisotopic (exact) mass is 448 g/mol. The second-order valence-electron chi connectivity index (χ2n) is 8.01. The molecular formula is C23H23ClF2N2O3. The first-order valence-electron chi connectivity index (χ1n) is 10.3. The molecule has 31 heavy (non-hydrogen) atoms. The van der Waals surface area contributed by atoms with E-state index in [-0.39, 0.29) is 17.9 Å². The van der Waals surface area contributed by atoms with Crippen LogP contribution in [-0.4, -0.2) is 49.6 Å². The fraction of sp³-hybridized carbons (Fsp3) is 0.391. The van der Waals surface area contributed by atoms with E-state index < -0.39 is 23.1 Å². The van der Waals surface area contributed by atoms with Crippen molar-refractivity contribution in [2.45, 2.75) is 25.2 Å². The number of anilines is 1. The summed E-state index contributed by atoms with van der Waals surface area (Å²) in [5.41, 5.74) is 0.583. The SMILES string of the molecule is CCOC(=O)CN1CCC2(CC1)CN(C(=O)c1c(F)cccc1F)c1ccc(Cl)cc12. The third-order valence-corrected chi connectivity index (χ3v) is 6.41. The van der Waals surface area contributed by atoms with Crippen molar-refractivity contribution in [3.8, 4) is 0 Å². The summed E-state index contributed by atoms with van der Waals surface area (Å²) < 4.78 is 33.6. The van der Waals surface area contributed by atoms with Crippen molar-refractivity contribution >= 4 is 29.2 Å². The van der Waals surface area contributed by atoms with Gasteiger partial charge in [-0.1, -0.05) is 17.7 Å². The molecule has 1 fully saturated rings. The van der Waals surface area contributed by atoms with Crippen molar-refractivity contribution in [3.63, 3.8) is 0 Å². The number of fused-ring (bicyclic) bond motifs is 2. The second-order valence-corrected chi connectivity index (χ2v) is 8.45. The van der Waals surface area contributed by atoms with Crippen LogP contribution in [0.2, 0.25) is 5.02 Å². The largest absolute Gasteiger partial charge is 0.465 e. The van der Waals surface area contributed by atoms with Crippen LogP contribution in [0.3, 0.4) is 0 Å². The van der Waals surface area contributed by atoms with Gasteiger partial charge in [-0.25, -0.2) is 8.78 Å². The third kappa shape index (κ3) is 4.04. The molecule has 5 nitrogen and oxygen atoms in total. The van der Waals surface area contributed by atoms with Gasteiger partial charge in [0, 0.05) is 22.7 Å². The summed E-state index contributed by atoms with van der Waals surface area (Å²) in [6.45, 7) is 3.91. The summed E-state index contributed by atoms with van der Waals surface area (Å²) in [7, 11) is 0. The lowest BCUT2D eigenvalue weighted by Gasteiger charge is -2.39. The van der Waals surface area contributed by atoms with E-state index in [2.05, 4.69) is 0 Å². The first kappa shape index (κ1) is 21.7. The zero-order valence-corrected chi connectivity index (χ0v) is 17.9. The molecule has 0 saturated carbocycles. The van der Waals surface area contributed by atoms with Crippen LogP contribution < -0.4 is 4.90 Å². The van der Waals surface area contributed by atoms with Gasteiger partial charge in [-0.05, 0) is 68.8 Å². The Morgan fingerprint density at radius 1 is 1.13 bits per heavy atom. The van der Waals surface area contributed by atoms with Gasteiger partial charge in [0.25, 0.3) is 5.91 Å². The van der Waals surface area contributed by atoms with Gasteiger partial charge in [0.2, 0.25) is 0 Å². The number of rotatable bonds is 4. The number of nitrogens with zero attached hydrogens (tertiary/aromatic N) is 2. The first-order chi connectivity index (χ1) is 14.8. The zero-order chi connectivity index (χ0) is 22.2. The van der Waals surface area contributed by atoms with E-state index in [1.807, 2.05) is 11.0 Å². The Morgan fingerprint density at radius 3 is 2.45 bits per heavy atom. The smallest absolute Gasteiger partial charge is 0.320 e. The number of piperidine rings is 1. The molecule has 2 aliphatic heterocycles. The highest BCUT2D eigenvalue weighted by Gasteiger charge is 2.47. The molecule has 0 aromatic heterocycles. The Balaban J connectivity index is 1.62. The van der Waals surface area contributed by atoms with E-state index in [0.29, 0.717) is 49.8 Å². The van der Waals surface area contributed by atoms with Gasteiger partial charge in [0.15, 0.2) is 0 Å². The molecule has 8 heteroatoms. The molecule has 1 saturated heterocycles. The number of carbonyl (C=O) groups excluding carboxylic acids is 2. The van der Waals surface area contributed by atoms with Crippen LogP contribution in [0, 0.1) is 11.6 Å². The Morgan fingerprint density at radius 2 is 1.81 bits per heavy atom. The topological polar surface area (TPSA) is 49.9 Å². The minimum atomic E-state index is -0.884. The van der Waals surface area contributed by atoms with Crippen LogP contribution >= 0.6 is 11.6 Å². The van der Waals surface area contributed by atoms with E-state index in [0.717, 1.165) is 17.7 Å². The predicted octanol–water partition coefficient (Wildman–Crippen LogP) is 4.18. The molecule has 2 aromatic carbocycles. The molecule has 0 aliphatic carbocycles. The van der Waals surface area contributed by atoms with Crippen molar-refractivity contribution in [2.24, 2.45) is 0 Å². The van der Waals surface area contributed by atoms with E-state index in [4.69, 9.17) is 16.3 Å². The Hall–Kier alpha value is -2.51. The summed E-state index contributed by atoms with van der Waals surface area (Å²) in [4.78, 5) is 28.5. The summed E-state index contributed by atoms with van der Waals surface area (Å²) >= 11 is 6.26. The maximum Gasteiger partial charge on any atom is 0.320 e. The van der Waals surface area contributed by atoms with Crippen LogP contribution in [-0.2, 0) is 14.9 Å². The molecule has 0 atom stereocenters. The quantitative estimate of drug-likeness (QED) is 0.658. The highest BCUT2D eigenvalue weighted by atomic mass is 35.5. The fourth-order valence-corrected chi connectivity index (χ4v) is 4.79. The van der Waals surface area contributed by atoms with E-state index in [1.165, 1.54) is 11.0 Å². The molecular weight excluding hydrogens is 426 g/mol. The Bertz CT molecular complexity index is 1000. The minimum Gasteiger partial charge on any atom is -0.465 e. The van der Waals surface area contributed by atoms with Crippen LogP contribution in [0.4, 0.5) is 14.5 Å². The number of esters is 1. The van der Waals surface area contributed by atoms with Gasteiger partial charge in [-0.2, -0.15) is 0 Å². The number of amides is 1. The molecule has 2 heterocycles. The van der Waals surface area contributed by atoms with Crippen LogP contribution in [0.25, 0.3) is 0 Å². The third-order valence-electron chi connectivity index (χ3n) is 6.17. The van der Waals surface area contributed by atoms with Crippen molar-refractivity contribution in [2.75, 3.05) is 37.7 Å². The lowest BCUT2D eigenvalue weighted by molar-refractivity contribution is -0.144. The number of ether oxygens (including phenoxy) is 1. The Kier molecular flexibility index (Phi) is 5.99. The molecule has 0 unspecified atom stereocenters. The highest BCUT2D eigenvalue weighted by Crippen LogP contribution is 2.48. The van der Waals surface area contributed by atoms with Gasteiger partial charge in [-0.15, -0.1) is 0 Å². The minimum absolute atomic E-state index is 0.218. The fourth-order valence-electron chi connectivity index (χ4n) is 4.62. The molecule has 1 amide bonds. The van der Waals surface area contributed by atoms with Crippen LogP contribution in [0.15, 0.2) is 36.4 Å². The average Bonchev–Trinajstić information content (AvgIpc) is 3.03. The average molecular weight is 449 g/mol. The van der Waals surface area contributed by atoms with Gasteiger partial charge in [0.1, 0.15) is 17.2 Å². The number of likely N-dealkylation sites (tertiary alicyclic amines) is 1. The summed E-state index contributed by atoms with van der Waals surface area (Å²) in [6.07, 6.45) is 1.37. The molecule has 0 N–H and O–H groups in total. The second kappa shape index (κ2) is 8.55. The highest BCUT2D eigenvalue weighted by molar-refractivity contribution is 6.30. The number of benzene rings is 2. The molecule has 2 aromatic rings. The van der Waals surface area contributed by atoms with Crippen molar-refractivity contribution < 1.29 is 23.1 Å². The maximum atomic E-state index is 14.3. The van der Waals surface area contributed by atoms with E-state index in [1.54, 1.807) is 19.1 Å². The molecule has 2 aliphatic rings. The van der Waals surface area contributed by atoms with Gasteiger partial charge in [-0.3, -0.25) is 14.5 Å². The number of halogens is 3. The molecule has 0 radical (unpaired) electrons. The standard InChI is InChI=1S/C23H23ClF2N2O3/c1-2-31-20(29)13-27-10-8-23(9-11-27)14-28(19-7-6-15(24)12-16(19)23)22(30)21-17(25)4-3-5-18(21)26/h3-7,12H,2,8-11,13-14H2,1H3. The first-order valence-corrected chi connectivity index (χ1v) is 10.7. The zero-order valence-electron chi connectivity index (χ0n) is 17.2. The maximum absolute atomic E-state index is 14.3. The summed E-state index contributed by atoms with van der Waals surface area (Å²) in [5, 5.41) is 0.540. The molecule has 0 bridgehead atoms. The van der Waals surface area contributed by atoms with Crippen molar-refractivity contribution in [1.29, 1.82) is 0 Å². The van der Waals surface area contributed by atoms with Crippen molar-refractivity contribution in [3.05, 3.63) is 64.2 Å². The lowest BCUT2D eigenvalue weighted by atomic mass is 9.74. The summed E-state index contributed by atoms with van der Waals surface area (Å²) in [5.74, 6) is -2.73. The van der Waals surface area contributed by atoms with Crippen LogP contribution in [0.5, 0.6) is 0 Å². The Labute approximate surface area is 184 Å². The molecule has 164 valence electrons. The predicted molar refractivity (Wildman–Crippen MR) is 113 cm³/mol. The van der Waals surface area contributed by atoms with Crippen LogP contribution in [0.1, 0.15) is 35.7 Å². The number of hydrogen-bond donors (Lipinski definition) is 0. The van der Waals surface area contributed by atoms with Crippen molar-refractivity contribution in [1.82, 2.24) is 4.90 Å². The molecule has 4 rings (SSSR count). The lowest BCUT2D eigenvalue weighted by Crippen LogP contribution is -2.47. The van der Waals surface area contributed by atoms with E-state index >= 15 is 0 Å². The normalized spacial score (nSPS) is 17.6.